The summed E-state index contributed by atoms with van der Waals surface area (Å²) in [5.74, 6) is 2.42. The predicted octanol–water partition coefficient (Wildman–Crippen LogP) is 3.32. The fourth-order valence-electron chi connectivity index (χ4n) is 5.54. The van der Waals surface area contributed by atoms with Gasteiger partial charge in [0.15, 0.2) is 0 Å². The van der Waals surface area contributed by atoms with Crippen LogP contribution in [0.15, 0.2) is 42.9 Å². The van der Waals surface area contributed by atoms with E-state index in [4.69, 9.17) is 9.47 Å². The van der Waals surface area contributed by atoms with Gasteiger partial charge in [0.1, 0.15) is 28.5 Å². The van der Waals surface area contributed by atoms with Gasteiger partial charge in [0.2, 0.25) is 0 Å². The van der Waals surface area contributed by atoms with Crippen molar-refractivity contribution in [3.63, 3.8) is 0 Å². The lowest BCUT2D eigenvalue weighted by Crippen LogP contribution is -2.32. The maximum atomic E-state index is 12.4. The van der Waals surface area contributed by atoms with Crippen molar-refractivity contribution >= 4 is 40.0 Å². The van der Waals surface area contributed by atoms with Crippen LogP contribution in [0.25, 0.3) is 11.0 Å². The number of nitrogens with one attached hydrogen (secondary N) is 1. The summed E-state index contributed by atoms with van der Waals surface area (Å²) >= 11 is 1.14. The monoisotopic (exact) mass is 505 g/mol. The highest BCUT2D eigenvalue weighted by molar-refractivity contribution is 7.05. The van der Waals surface area contributed by atoms with E-state index in [-0.39, 0.29) is 18.4 Å². The molecule has 1 saturated carbocycles. The smallest absolute Gasteiger partial charge is 0.328 e. The first kappa shape index (κ1) is 22.7. The van der Waals surface area contributed by atoms with Crippen LogP contribution in [-0.2, 0) is 11.2 Å². The minimum atomic E-state index is -0.364. The number of rotatable bonds is 7. The molecule has 3 atom stereocenters. The van der Waals surface area contributed by atoms with E-state index in [2.05, 4.69) is 47.2 Å². The van der Waals surface area contributed by atoms with Crippen LogP contribution in [0.5, 0.6) is 11.8 Å². The standard InChI is InChI=1S/C25H27N7O3S/c1-31(24-20-6-7-26-23(20)27-14-28-24)18-8-15-12-32(13-16(15)9-18)17-4-3-5-19(10-17)35-22(33)11-21-29-25(34-2)30-36-21/h3-7,10,14-16,18H,8-9,11-13H2,1-2H3,(H,26,27,28)/t15-,16+,18?. The van der Waals surface area contributed by atoms with Crippen molar-refractivity contribution in [2.45, 2.75) is 25.3 Å². The Kier molecular flexibility index (Phi) is 5.92. The van der Waals surface area contributed by atoms with Crippen LogP contribution in [0.2, 0.25) is 0 Å². The van der Waals surface area contributed by atoms with Crippen molar-refractivity contribution in [2.24, 2.45) is 11.8 Å². The molecule has 1 aliphatic heterocycles. The zero-order valence-electron chi connectivity index (χ0n) is 20.1. The first-order chi connectivity index (χ1) is 17.6. The number of fused-ring (bicyclic) bond motifs is 2. The second-order valence-corrected chi connectivity index (χ2v) is 10.3. The second-order valence-electron chi connectivity index (χ2n) is 9.42. The molecule has 1 N–H and O–H groups in total. The van der Waals surface area contributed by atoms with Crippen LogP contribution in [-0.4, -0.2) is 63.6 Å². The summed E-state index contributed by atoms with van der Waals surface area (Å²) in [4.78, 5) is 33.3. The third kappa shape index (κ3) is 4.34. The van der Waals surface area contributed by atoms with Crippen molar-refractivity contribution in [2.75, 3.05) is 37.0 Å². The van der Waals surface area contributed by atoms with Crippen LogP contribution in [0.1, 0.15) is 17.8 Å². The third-order valence-corrected chi connectivity index (χ3v) is 7.98. The predicted molar refractivity (Wildman–Crippen MR) is 137 cm³/mol. The summed E-state index contributed by atoms with van der Waals surface area (Å²) in [6.07, 6.45) is 5.88. The maximum Gasteiger partial charge on any atom is 0.328 e. The Morgan fingerprint density at radius 2 is 2.06 bits per heavy atom. The van der Waals surface area contributed by atoms with E-state index >= 15 is 0 Å². The molecule has 3 aromatic heterocycles. The van der Waals surface area contributed by atoms with Crippen LogP contribution in [0, 0.1) is 11.8 Å². The minimum Gasteiger partial charge on any atom is -0.466 e. The normalized spacial score (nSPS) is 21.1. The number of methoxy groups -OCH3 is 1. The van der Waals surface area contributed by atoms with Gasteiger partial charge in [-0.05, 0) is 54.4 Å². The zero-order chi connectivity index (χ0) is 24.6. The topological polar surface area (TPSA) is 109 Å². The van der Waals surface area contributed by atoms with Crippen molar-refractivity contribution in [1.82, 2.24) is 24.3 Å². The number of hydrogen-bond donors (Lipinski definition) is 1. The largest absolute Gasteiger partial charge is 0.466 e. The minimum absolute atomic E-state index is 0.0649. The molecule has 1 aliphatic carbocycles. The molecule has 10 nitrogen and oxygen atoms in total. The summed E-state index contributed by atoms with van der Waals surface area (Å²) in [7, 11) is 3.65. The van der Waals surface area contributed by atoms with E-state index in [1.165, 1.54) is 7.11 Å². The number of H-pyrrole nitrogens is 1. The molecule has 1 aromatic carbocycles. The number of esters is 1. The van der Waals surface area contributed by atoms with Crippen molar-refractivity contribution in [3.8, 4) is 11.8 Å². The highest BCUT2D eigenvalue weighted by Crippen LogP contribution is 2.43. The molecule has 1 unspecified atom stereocenters. The van der Waals surface area contributed by atoms with Gasteiger partial charge in [-0.2, -0.15) is 4.98 Å². The number of benzene rings is 1. The fourth-order valence-corrected chi connectivity index (χ4v) is 6.14. The number of aromatic nitrogens is 5. The number of hydrogen-bond acceptors (Lipinski definition) is 10. The highest BCUT2D eigenvalue weighted by Gasteiger charge is 2.42. The lowest BCUT2D eigenvalue weighted by Gasteiger charge is -2.28. The van der Waals surface area contributed by atoms with Gasteiger partial charge in [0.05, 0.1) is 18.9 Å². The molecule has 1 saturated heterocycles. The number of nitrogens with zero attached hydrogens (tertiary/aromatic N) is 6. The first-order valence-electron chi connectivity index (χ1n) is 12.0. The van der Waals surface area contributed by atoms with Gasteiger partial charge >= 0.3 is 12.0 Å². The molecule has 0 bridgehead atoms. The Morgan fingerprint density at radius 1 is 1.22 bits per heavy atom. The molecule has 6 rings (SSSR count). The molecule has 0 spiro atoms. The molecular formula is C25H27N7O3S. The lowest BCUT2D eigenvalue weighted by molar-refractivity contribution is -0.133. The summed E-state index contributed by atoms with van der Waals surface area (Å²) in [6.45, 7) is 2.00. The number of aromatic amines is 1. The maximum absolute atomic E-state index is 12.4. The number of anilines is 2. The van der Waals surface area contributed by atoms with Gasteiger partial charge in [0, 0.05) is 44.1 Å². The summed E-state index contributed by atoms with van der Waals surface area (Å²) < 4.78 is 14.6. The fraction of sp³-hybridized carbons (Fsp3) is 0.400. The molecular weight excluding hydrogens is 478 g/mol. The Bertz CT molecular complexity index is 1370. The molecule has 2 aliphatic rings. The average Bonchev–Trinajstić information content (AvgIpc) is 3.66. The summed E-state index contributed by atoms with van der Waals surface area (Å²) in [6, 6.07) is 10.6. The Morgan fingerprint density at radius 3 is 2.83 bits per heavy atom. The van der Waals surface area contributed by atoms with Crippen LogP contribution < -0.4 is 19.3 Å². The van der Waals surface area contributed by atoms with Crippen molar-refractivity contribution in [3.05, 3.63) is 47.9 Å². The number of carbonyl (C=O) groups excluding carboxylic acids is 1. The highest BCUT2D eigenvalue weighted by atomic mass is 32.1. The van der Waals surface area contributed by atoms with E-state index in [0.29, 0.717) is 28.6 Å². The van der Waals surface area contributed by atoms with Crippen LogP contribution in [0.3, 0.4) is 0 Å². The molecule has 11 heteroatoms. The van der Waals surface area contributed by atoms with Gasteiger partial charge < -0.3 is 24.3 Å². The SMILES string of the molecule is COc1nsc(CC(=O)Oc2cccc(N3C[C@H]4CC(N(C)c5ncnc6[nH]ccc56)C[C@H]4C3)c2)n1. The van der Waals surface area contributed by atoms with E-state index in [0.717, 1.165) is 60.0 Å². The van der Waals surface area contributed by atoms with Gasteiger partial charge in [-0.3, -0.25) is 4.79 Å². The molecule has 4 heterocycles. The second kappa shape index (κ2) is 9.38. The van der Waals surface area contributed by atoms with Crippen molar-refractivity contribution < 1.29 is 14.3 Å². The molecule has 4 aromatic rings. The molecule has 2 fully saturated rings. The molecule has 0 radical (unpaired) electrons. The van der Waals surface area contributed by atoms with Gasteiger partial charge in [-0.25, -0.2) is 9.97 Å². The Hall–Kier alpha value is -3.73. The summed E-state index contributed by atoms with van der Waals surface area (Å²) in [5.41, 5.74) is 1.96. The van der Waals surface area contributed by atoms with Crippen LogP contribution in [0.4, 0.5) is 11.5 Å². The van der Waals surface area contributed by atoms with E-state index < -0.39 is 0 Å². The lowest BCUT2D eigenvalue weighted by atomic mass is 10.0. The third-order valence-electron chi connectivity index (χ3n) is 7.28. The van der Waals surface area contributed by atoms with Gasteiger partial charge in [-0.15, -0.1) is 4.37 Å². The molecule has 36 heavy (non-hydrogen) atoms. The summed E-state index contributed by atoms with van der Waals surface area (Å²) in [5, 5.41) is 1.63. The average molecular weight is 506 g/mol. The van der Waals surface area contributed by atoms with Crippen LogP contribution >= 0.6 is 11.5 Å². The Balaban J connectivity index is 1.07. The van der Waals surface area contributed by atoms with Crippen molar-refractivity contribution in [1.29, 1.82) is 0 Å². The first-order valence-corrected chi connectivity index (χ1v) is 12.8. The van der Waals surface area contributed by atoms with E-state index in [1.807, 2.05) is 30.5 Å². The Labute approximate surface area is 212 Å². The van der Waals surface area contributed by atoms with E-state index in [9.17, 15) is 4.79 Å². The van der Waals surface area contributed by atoms with Gasteiger partial charge in [-0.1, -0.05) is 6.07 Å². The molecule has 0 amide bonds. The number of carbonyl (C=O) groups is 1. The van der Waals surface area contributed by atoms with E-state index in [1.54, 1.807) is 6.33 Å². The zero-order valence-corrected chi connectivity index (χ0v) is 20.9. The van der Waals surface area contributed by atoms with Gasteiger partial charge in [0.25, 0.3) is 0 Å². The molecule has 186 valence electrons. The quantitative estimate of drug-likeness (QED) is 0.299. The number of ether oxygens (including phenoxy) is 2.